The number of hydrogen-bond acceptors (Lipinski definition) is 3. The number of benzene rings is 3. The van der Waals surface area contributed by atoms with Gasteiger partial charge in [-0.3, -0.25) is 9.59 Å². The molecule has 5 nitrogen and oxygen atoms in total. The molecule has 0 bridgehead atoms. The molecule has 1 saturated heterocycles. The Labute approximate surface area is 216 Å². The number of halogens is 2. The van der Waals surface area contributed by atoms with Gasteiger partial charge in [0, 0.05) is 6.42 Å². The second kappa shape index (κ2) is 11.5. The minimum atomic E-state index is -1.31. The first-order valence-electron chi connectivity index (χ1n) is 12.5. The number of hydrogen-bond donors (Lipinski definition) is 1. The van der Waals surface area contributed by atoms with Gasteiger partial charge in [0.25, 0.3) is 0 Å². The van der Waals surface area contributed by atoms with Crippen molar-refractivity contribution in [1.82, 2.24) is 10.2 Å². The number of nitrogens with zero attached hydrogens (tertiary/aromatic N) is 1. The summed E-state index contributed by atoms with van der Waals surface area (Å²) in [6.07, 6.45) is -1.54. The number of carbonyl (C=O) groups is 2. The van der Waals surface area contributed by atoms with Crippen molar-refractivity contribution in [2.45, 2.75) is 50.9 Å². The number of nitrogens with one attached hydrogen (secondary N) is 1. The van der Waals surface area contributed by atoms with Crippen molar-refractivity contribution in [3.63, 3.8) is 0 Å². The molecule has 0 spiro atoms. The van der Waals surface area contributed by atoms with Crippen LogP contribution in [0, 0.1) is 5.82 Å². The van der Waals surface area contributed by atoms with Gasteiger partial charge in [-0.1, -0.05) is 74.5 Å². The summed E-state index contributed by atoms with van der Waals surface area (Å²) in [6.45, 7) is 4.06. The molecule has 3 aromatic rings. The van der Waals surface area contributed by atoms with E-state index in [2.05, 4.69) is 19.2 Å². The lowest BCUT2D eigenvalue weighted by molar-refractivity contribution is -0.138. The van der Waals surface area contributed by atoms with Crippen LogP contribution in [0.4, 0.5) is 8.78 Å². The molecule has 3 unspecified atom stereocenters. The van der Waals surface area contributed by atoms with Gasteiger partial charge in [-0.15, -0.1) is 0 Å². The zero-order chi connectivity index (χ0) is 26.5. The molecule has 3 aromatic carbocycles. The number of carbonyl (C=O) groups excluding carboxylic acids is 2. The third-order valence-electron chi connectivity index (χ3n) is 6.80. The molecule has 0 aromatic heterocycles. The molecule has 1 N–H and O–H groups in total. The van der Waals surface area contributed by atoms with E-state index in [-0.39, 0.29) is 25.1 Å². The Hall–Kier alpha value is -3.74. The van der Waals surface area contributed by atoms with Crippen LogP contribution in [0.15, 0.2) is 72.8 Å². The molecule has 194 valence electrons. The first kappa shape index (κ1) is 26.3. The summed E-state index contributed by atoms with van der Waals surface area (Å²) in [6, 6.07) is 20.4. The van der Waals surface area contributed by atoms with E-state index < -0.39 is 35.9 Å². The Morgan fingerprint density at radius 1 is 1.00 bits per heavy atom. The molecule has 4 rings (SSSR count). The molecule has 7 heteroatoms. The van der Waals surface area contributed by atoms with Crippen molar-refractivity contribution in [2.24, 2.45) is 0 Å². The van der Waals surface area contributed by atoms with Gasteiger partial charge in [0.05, 0.1) is 26.1 Å². The fourth-order valence-electron chi connectivity index (χ4n) is 4.72. The maximum absolute atomic E-state index is 14.5. The van der Waals surface area contributed by atoms with E-state index in [1.165, 1.54) is 29.7 Å². The average molecular weight is 507 g/mol. The molecule has 37 heavy (non-hydrogen) atoms. The van der Waals surface area contributed by atoms with Crippen molar-refractivity contribution in [3.8, 4) is 5.75 Å². The smallest absolute Gasteiger partial charge is 0.243 e. The average Bonchev–Trinajstić information content (AvgIpc) is 3.30. The van der Waals surface area contributed by atoms with E-state index in [0.717, 1.165) is 11.1 Å². The zero-order valence-electron chi connectivity index (χ0n) is 21.3. The second-order valence-corrected chi connectivity index (χ2v) is 9.71. The third kappa shape index (κ3) is 6.16. The number of alkyl halides is 1. The quantitative estimate of drug-likeness (QED) is 0.448. The van der Waals surface area contributed by atoms with Crippen LogP contribution in [0.25, 0.3) is 0 Å². The molecule has 2 amide bonds. The Balaban J connectivity index is 1.54. The molecule has 0 aliphatic carbocycles. The van der Waals surface area contributed by atoms with Crippen molar-refractivity contribution in [3.05, 3.63) is 101 Å². The molecular formula is C30H32F2N2O3. The van der Waals surface area contributed by atoms with Gasteiger partial charge in [-0.05, 0) is 40.3 Å². The van der Waals surface area contributed by atoms with E-state index in [0.29, 0.717) is 11.5 Å². The van der Waals surface area contributed by atoms with Gasteiger partial charge in [0.15, 0.2) is 11.6 Å². The standard InChI is InChI=1S/C30H32F2N2O3/c1-19(2)21-10-12-23(13-11-21)29(22-7-5-4-6-8-22)33-30(36)26-17-24(31)18-34(26)28(35)16-20-9-14-27(37-3)25(32)15-20/h4-15,19,24,26,29H,16-18H2,1-3H3,(H,33,36). The Bertz CT molecular complexity index is 1230. The SMILES string of the molecule is COc1ccc(CC(=O)N2CC(F)CC2C(=O)NC(c2ccccc2)c2ccc(C(C)C)cc2)cc1F. The normalized spacial score (nSPS) is 18.1. The number of likely N-dealkylation sites (tertiary alicyclic amines) is 1. The molecule has 0 saturated carbocycles. The summed E-state index contributed by atoms with van der Waals surface area (Å²) in [7, 11) is 1.36. The summed E-state index contributed by atoms with van der Waals surface area (Å²) in [4.78, 5) is 27.8. The summed E-state index contributed by atoms with van der Waals surface area (Å²) in [5.41, 5.74) is 3.39. The van der Waals surface area contributed by atoms with Crippen LogP contribution in [0.1, 0.15) is 54.5 Å². The maximum atomic E-state index is 14.5. The summed E-state index contributed by atoms with van der Waals surface area (Å²) >= 11 is 0. The lowest BCUT2D eigenvalue weighted by atomic mass is 9.95. The van der Waals surface area contributed by atoms with Gasteiger partial charge < -0.3 is 15.0 Å². The van der Waals surface area contributed by atoms with Crippen molar-refractivity contribution >= 4 is 11.8 Å². The third-order valence-corrected chi connectivity index (χ3v) is 6.80. The lowest BCUT2D eigenvalue weighted by Crippen LogP contribution is -2.47. The number of rotatable bonds is 8. The fourth-order valence-corrected chi connectivity index (χ4v) is 4.72. The van der Waals surface area contributed by atoms with E-state index >= 15 is 0 Å². The van der Waals surface area contributed by atoms with Gasteiger partial charge in [0.2, 0.25) is 11.8 Å². The van der Waals surface area contributed by atoms with Crippen LogP contribution >= 0.6 is 0 Å². The largest absolute Gasteiger partial charge is 0.494 e. The predicted molar refractivity (Wildman–Crippen MR) is 139 cm³/mol. The topological polar surface area (TPSA) is 58.6 Å². The monoisotopic (exact) mass is 506 g/mol. The van der Waals surface area contributed by atoms with Gasteiger partial charge >= 0.3 is 0 Å². The van der Waals surface area contributed by atoms with Gasteiger partial charge in [-0.25, -0.2) is 8.78 Å². The maximum Gasteiger partial charge on any atom is 0.243 e. The molecule has 0 radical (unpaired) electrons. The van der Waals surface area contributed by atoms with Crippen molar-refractivity contribution < 1.29 is 23.1 Å². The summed E-state index contributed by atoms with van der Waals surface area (Å²) in [5, 5.41) is 3.06. The number of amides is 2. The first-order chi connectivity index (χ1) is 17.8. The highest BCUT2D eigenvalue weighted by atomic mass is 19.1. The Kier molecular flexibility index (Phi) is 8.21. The molecule has 3 atom stereocenters. The van der Waals surface area contributed by atoms with Crippen LogP contribution in [0.5, 0.6) is 5.75 Å². The lowest BCUT2D eigenvalue weighted by Gasteiger charge is -2.27. The Morgan fingerprint density at radius 3 is 2.27 bits per heavy atom. The van der Waals surface area contributed by atoms with Crippen molar-refractivity contribution in [2.75, 3.05) is 13.7 Å². The molecule has 1 heterocycles. The minimum Gasteiger partial charge on any atom is -0.494 e. The highest BCUT2D eigenvalue weighted by molar-refractivity contribution is 5.89. The second-order valence-electron chi connectivity index (χ2n) is 9.71. The van der Waals surface area contributed by atoms with Crippen LogP contribution < -0.4 is 10.1 Å². The molecule has 1 aliphatic rings. The van der Waals surface area contributed by atoms with Gasteiger partial charge in [-0.2, -0.15) is 0 Å². The predicted octanol–water partition coefficient (Wildman–Crippen LogP) is 5.35. The molecule has 1 fully saturated rings. The fraction of sp³-hybridized carbons (Fsp3) is 0.333. The van der Waals surface area contributed by atoms with Crippen LogP contribution in [0.3, 0.4) is 0 Å². The van der Waals surface area contributed by atoms with E-state index in [4.69, 9.17) is 4.74 Å². The highest BCUT2D eigenvalue weighted by Crippen LogP contribution is 2.28. The molecule has 1 aliphatic heterocycles. The molecular weight excluding hydrogens is 474 g/mol. The highest BCUT2D eigenvalue weighted by Gasteiger charge is 2.40. The summed E-state index contributed by atoms with van der Waals surface area (Å²) in [5.74, 6) is -0.982. The number of ether oxygens (including phenoxy) is 1. The van der Waals surface area contributed by atoms with E-state index in [1.807, 2.05) is 54.6 Å². The van der Waals surface area contributed by atoms with Crippen LogP contribution in [0.2, 0.25) is 0 Å². The van der Waals surface area contributed by atoms with E-state index in [1.54, 1.807) is 6.07 Å². The van der Waals surface area contributed by atoms with Crippen LogP contribution in [-0.2, 0) is 16.0 Å². The number of methoxy groups -OCH3 is 1. The first-order valence-corrected chi connectivity index (χ1v) is 12.5. The summed E-state index contributed by atoms with van der Waals surface area (Å²) < 4.78 is 33.5. The van der Waals surface area contributed by atoms with E-state index in [9.17, 15) is 18.4 Å². The van der Waals surface area contributed by atoms with Crippen molar-refractivity contribution in [1.29, 1.82) is 0 Å². The Morgan fingerprint density at radius 2 is 1.65 bits per heavy atom. The minimum absolute atomic E-state index is 0.0758. The van der Waals surface area contributed by atoms with Gasteiger partial charge in [0.1, 0.15) is 12.2 Å². The zero-order valence-corrected chi connectivity index (χ0v) is 21.3. The van der Waals surface area contributed by atoms with Crippen LogP contribution in [-0.4, -0.2) is 42.6 Å².